The zero-order chi connectivity index (χ0) is 15.7. The topological polar surface area (TPSA) is 45.2 Å². The van der Waals surface area contributed by atoms with E-state index >= 15 is 0 Å². The molecule has 1 atom stereocenters. The van der Waals surface area contributed by atoms with Crippen molar-refractivity contribution in [1.29, 1.82) is 0 Å². The Labute approximate surface area is 139 Å². The van der Waals surface area contributed by atoms with Gasteiger partial charge in [-0.15, -0.1) is 0 Å². The minimum absolute atomic E-state index is 0.364. The van der Waals surface area contributed by atoms with E-state index in [4.69, 9.17) is 23.2 Å². The second-order valence-corrected chi connectivity index (χ2v) is 6.32. The molecule has 0 radical (unpaired) electrons. The van der Waals surface area contributed by atoms with Crippen LogP contribution in [-0.4, -0.2) is 41.1 Å². The fraction of sp³-hybridized carbons (Fsp3) is 0.400. The Morgan fingerprint density at radius 3 is 2.77 bits per heavy atom. The van der Waals surface area contributed by atoms with Crippen LogP contribution < -0.4 is 9.80 Å². The molecule has 0 aliphatic carbocycles. The summed E-state index contributed by atoms with van der Waals surface area (Å²) >= 11 is 12.2. The highest BCUT2D eigenvalue weighted by Crippen LogP contribution is 2.30. The Morgan fingerprint density at radius 1 is 1.23 bits per heavy atom. The number of halogens is 2. The van der Waals surface area contributed by atoms with Gasteiger partial charge in [0.2, 0.25) is 0 Å². The van der Waals surface area contributed by atoms with Crippen molar-refractivity contribution in [3.8, 4) is 0 Å². The van der Waals surface area contributed by atoms with Crippen molar-refractivity contribution < 1.29 is 0 Å². The number of nitrogens with zero attached hydrogens (tertiary/aromatic N) is 5. The first kappa shape index (κ1) is 15.3. The number of hydrogen-bond acceptors (Lipinski definition) is 5. The molecule has 0 spiro atoms. The third kappa shape index (κ3) is 3.10. The number of aromatic nitrogens is 3. The Bertz CT molecular complexity index is 679. The lowest BCUT2D eigenvalue weighted by Crippen LogP contribution is -2.35. The molecule has 0 saturated carbocycles. The van der Waals surface area contributed by atoms with Crippen LogP contribution in [0.3, 0.4) is 0 Å². The Hall–Kier alpha value is -1.59. The third-order valence-corrected chi connectivity index (χ3v) is 4.43. The third-order valence-electron chi connectivity index (χ3n) is 3.95. The highest BCUT2D eigenvalue weighted by Gasteiger charge is 2.28. The Morgan fingerprint density at radius 2 is 2.05 bits per heavy atom. The summed E-state index contributed by atoms with van der Waals surface area (Å²) in [4.78, 5) is 17.2. The summed E-state index contributed by atoms with van der Waals surface area (Å²) in [5.74, 6) is 1.73. The summed E-state index contributed by atoms with van der Waals surface area (Å²) < 4.78 is 0. The molecule has 22 heavy (non-hydrogen) atoms. The Balaban J connectivity index is 1.74. The molecular weight excluding hydrogens is 321 g/mol. The number of hydrogen-bond donors (Lipinski definition) is 0. The van der Waals surface area contributed by atoms with Gasteiger partial charge < -0.3 is 9.80 Å². The van der Waals surface area contributed by atoms with E-state index in [0.717, 1.165) is 36.8 Å². The molecule has 1 saturated heterocycles. The van der Waals surface area contributed by atoms with Gasteiger partial charge in [-0.25, -0.2) is 15.0 Å². The van der Waals surface area contributed by atoms with Gasteiger partial charge in [0.15, 0.2) is 0 Å². The Kier molecular flexibility index (Phi) is 4.36. The van der Waals surface area contributed by atoms with Crippen molar-refractivity contribution in [3.05, 3.63) is 40.4 Å². The maximum absolute atomic E-state index is 6.25. The van der Waals surface area contributed by atoms with Gasteiger partial charge in [-0.3, -0.25) is 0 Å². The fourth-order valence-corrected chi connectivity index (χ4v) is 3.21. The molecule has 116 valence electrons. The first-order valence-electron chi connectivity index (χ1n) is 7.12. The largest absolute Gasteiger partial charge is 0.355 e. The molecule has 2 aromatic heterocycles. The predicted molar refractivity (Wildman–Crippen MR) is 90.0 cm³/mol. The summed E-state index contributed by atoms with van der Waals surface area (Å²) in [6.45, 7) is 3.73. The maximum atomic E-state index is 6.25. The van der Waals surface area contributed by atoms with Crippen LogP contribution in [0.5, 0.6) is 0 Å². The molecule has 1 unspecified atom stereocenters. The van der Waals surface area contributed by atoms with E-state index in [-0.39, 0.29) is 0 Å². The maximum Gasteiger partial charge on any atom is 0.147 e. The minimum Gasteiger partial charge on any atom is -0.355 e. The van der Waals surface area contributed by atoms with Gasteiger partial charge >= 0.3 is 0 Å². The molecule has 2 aromatic rings. The number of likely N-dealkylation sites (N-methyl/N-ethyl adjacent to an activating group) is 1. The van der Waals surface area contributed by atoms with Crippen LogP contribution >= 0.6 is 23.2 Å². The molecule has 7 heteroatoms. The fourth-order valence-electron chi connectivity index (χ4n) is 2.71. The van der Waals surface area contributed by atoms with Crippen LogP contribution in [0.4, 0.5) is 11.6 Å². The molecular formula is C15H17Cl2N5. The van der Waals surface area contributed by atoms with Crippen molar-refractivity contribution in [3.63, 3.8) is 0 Å². The van der Waals surface area contributed by atoms with Crippen LogP contribution in [-0.2, 0) is 0 Å². The molecule has 0 bridgehead atoms. The standard InChI is InChI=1S/C15H17Cl2N5/c1-10-5-14(20-9-19-10)21(2)12-3-4-22(8-12)15-13(17)6-11(16)7-18-15/h5-7,9,12H,3-4,8H2,1-2H3. The number of pyridine rings is 1. The highest BCUT2D eigenvalue weighted by molar-refractivity contribution is 6.36. The van der Waals surface area contributed by atoms with Crippen LogP contribution in [0.15, 0.2) is 24.7 Å². The molecule has 0 N–H and O–H groups in total. The molecule has 0 aromatic carbocycles. The van der Waals surface area contributed by atoms with Crippen LogP contribution in [0, 0.1) is 6.92 Å². The number of rotatable bonds is 3. The molecule has 0 amide bonds. The second kappa shape index (κ2) is 6.26. The van der Waals surface area contributed by atoms with E-state index in [1.165, 1.54) is 0 Å². The van der Waals surface area contributed by atoms with Crippen LogP contribution in [0.1, 0.15) is 12.1 Å². The molecule has 5 nitrogen and oxygen atoms in total. The van der Waals surface area contributed by atoms with E-state index in [9.17, 15) is 0 Å². The van der Waals surface area contributed by atoms with Crippen molar-refractivity contribution in [2.45, 2.75) is 19.4 Å². The van der Waals surface area contributed by atoms with Gasteiger partial charge in [-0.05, 0) is 19.4 Å². The predicted octanol–water partition coefficient (Wildman–Crippen LogP) is 3.20. The van der Waals surface area contributed by atoms with Gasteiger partial charge in [-0.1, -0.05) is 23.2 Å². The summed E-state index contributed by atoms with van der Waals surface area (Å²) in [7, 11) is 2.06. The summed E-state index contributed by atoms with van der Waals surface area (Å²) in [6.07, 6.45) is 4.26. The van der Waals surface area contributed by atoms with Gasteiger partial charge in [0.1, 0.15) is 18.0 Å². The van der Waals surface area contributed by atoms with Gasteiger partial charge in [0, 0.05) is 44.1 Å². The van der Waals surface area contributed by atoms with Crippen molar-refractivity contribution in [2.75, 3.05) is 29.9 Å². The highest BCUT2D eigenvalue weighted by atomic mass is 35.5. The van der Waals surface area contributed by atoms with Crippen molar-refractivity contribution in [1.82, 2.24) is 15.0 Å². The summed E-state index contributed by atoms with van der Waals surface area (Å²) in [6, 6.07) is 4.09. The lowest BCUT2D eigenvalue weighted by Gasteiger charge is -2.26. The van der Waals surface area contributed by atoms with Gasteiger partial charge in [0.05, 0.1) is 10.0 Å². The van der Waals surface area contributed by atoms with Crippen LogP contribution in [0.25, 0.3) is 0 Å². The zero-order valence-corrected chi connectivity index (χ0v) is 14.0. The summed E-state index contributed by atoms with van der Waals surface area (Å²) in [5, 5.41) is 1.15. The second-order valence-electron chi connectivity index (χ2n) is 5.48. The monoisotopic (exact) mass is 337 g/mol. The quantitative estimate of drug-likeness (QED) is 0.860. The van der Waals surface area contributed by atoms with E-state index in [0.29, 0.717) is 16.1 Å². The molecule has 1 fully saturated rings. The minimum atomic E-state index is 0.364. The molecule has 1 aliphatic heterocycles. The normalized spacial score (nSPS) is 17.8. The van der Waals surface area contributed by atoms with Crippen LogP contribution in [0.2, 0.25) is 10.0 Å². The molecule has 3 heterocycles. The van der Waals surface area contributed by atoms with Gasteiger partial charge in [0.25, 0.3) is 0 Å². The van der Waals surface area contributed by atoms with Gasteiger partial charge in [-0.2, -0.15) is 0 Å². The first-order chi connectivity index (χ1) is 10.5. The van der Waals surface area contributed by atoms with Crippen molar-refractivity contribution in [2.24, 2.45) is 0 Å². The molecule has 1 aliphatic rings. The lowest BCUT2D eigenvalue weighted by molar-refractivity contribution is 0.682. The molecule has 3 rings (SSSR count). The first-order valence-corrected chi connectivity index (χ1v) is 7.87. The SMILES string of the molecule is Cc1cc(N(C)C2CCN(c3ncc(Cl)cc3Cl)C2)ncn1. The lowest BCUT2D eigenvalue weighted by atomic mass is 10.2. The van der Waals surface area contributed by atoms with E-state index in [1.54, 1.807) is 18.6 Å². The zero-order valence-electron chi connectivity index (χ0n) is 12.5. The van der Waals surface area contributed by atoms with E-state index in [1.807, 2.05) is 13.0 Å². The number of aryl methyl sites for hydroxylation is 1. The average Bonchev–Trinajstić information content (AvgIpc) is 2.96. The average molecular weight is 338 g/mol. The van der Waals surface area contributed by atoms with E-state index in [2.05, 4.69) is 31.8 Å². The summed E-state index contributed by atoms with van der Waals surface area (Å²) in [5.41, 5.74) is 0.967. The smallest absolute Gasteiger partial charge is 0.147 e. The number of anilines is 2. The van der Waals surface area contributed by atoms with Crippen molar-refractivity contribution >= 4 is 34.8 Å². The van der Waals surface area contributed by atoms with E-state index < -0.39 is 0 Å².